The van der Waals surface area contributed by atoms with Gasteiger partial charge in [0.05, 0.1) is 0 Å². The van der Waals surface area contributed by atoms with Crippen molar-refractivity contribution in [2.45, 2.75) is 13.0 Å². The maximum atomic E-state index is 12.9. The van der Waals surface area contributed by atoms with E-state index in [1.807, 2.05) is 0 Å². The number of nitrogens with zero attached hydrogens (tertiary/aromatic N) is 5. The molecule has 0 N–H and O–H groups in total. The van der Waals surface area contributed by atoms with Crippen LogP contribution < -0.4 is 0 Å². The highest BCUT2D eigenvalue weighted by Gasteiger charge is 2.50. The summed E-state index contributed by atoms with van der Waals surface area (Å²) in [7, 11) is -1.34. The predicted octanol–water partition coefficient (Wildman–Crippen LogP) is 1.15. The number of hydrogen-bond acceptors (Lipinski definition) is 5. The van der Waals surface area contributed by atoms with Gasteiger partial charge in [-0.25, -0.2) is 9.34 Å². The first kappa shape index (κ1) is 13.7. The van der Waals surface area contributed by atoms with Gasteiger partial charge in [-0.1, -0.05) is 0 Å². The fourth-order valence-electron chi connectivity index (χ4n) is 2.20. The summed E-state index contributed by atoms with van der Waals surface area (Å²) in [6.07, 6.45) is 0.711. The molecule has 0 spiro atoms. The van der Waals surface area contributed by atoms with Crippen LogP contribution in [0.1, 0.15) is 18.7 Å². The highest BCUT2D eigenvalue weighted by atomic mass is 31.2. The first-order valence-electron chi connectivity index (χ1n) is 6.38. The lowest BCUT2D eigenvalue weighted by Crippen LogP contribution is -2.13. The van der Waals surface area contributed by atoms with E-state index in [4.69, 9.17) is 4.52 Å². The molecule has 0 saturated carbocycles. The van der Waals surface area contributed by atoms with Gasteiger partial charge in [0.15, 0.2) is 0 Å². The Bertz CT molecular complexity index is 578. The lowest BCUT2D eigenvalue weighted by molar-refractivity contribution is -0.390. The maximum absolute atomic E-state index is 12.9. The lowest BCUT2D eigenvalue weighted by atomic mass is 10.3. The molecule has 2 aliphatic heterocycles. The van der Waals surface area contributed by atoms with E-state index in [2.05, 4.69) is 4.98 Å². The zero-order valence-corrected chi connectivity index (χ0v) is 12.2. The van der Waals surface area contributed by atoms with E-state index in [9.17, 15) is 14.7 Å². The molecular weight excluding hydrogens is 285 g/mol. The van der Waals surface area contributed by atoms with E-state index in [-0.39, 0.29) is 5.82 Å². The molecule has 1 unspecified atom stereocenters. The van der Waals surface area contributed by atoms with E-state index in [1.165, 1.54) is 10.9 Å². The number of aromatic nitrogens is 2. The Balaban J connectivity index is 1.85. The molecule has 1 aromatic heterocycles. The van der Waals surface area contributed by atoms with Crippen LogP contribution in [-0.2, 0) is 16.1 Å². The lowest BCUT2D eigenvalue weighted by Gasteiger charge is -2.23. The number of rotatable bonds is 6. The van der Waals surface area contributed by atoms with Crippen molar-refractivity contribution < 1.29 is 14.0 Å². The van der Waals surface area contributed by atoms with Gasteiger partial charge in [-0.2, -0.15) is 0 Å². The molecule has 3 rings (SSSR count). The molecule has 1 atom stereocenters. The fraction of sp³-hybridized carbons (Fsp3) is 0.700. The minimum Gasteiger partial charge on any atom is -0.358 e. The average Bonchev–Trinajstić information content (AvgIpc) is 3.25. The summed E-state index contributed by atoms with van der Waals surface area (Å²) < 4.78 is 23.7. The van der Waals surface area contributed by atoms with Crippen LogP contribution in [0.3, 0.4) is 0 Å². The number of imidazole rings is 1. The third-order valence-electron chi connectivity index (χ3n) is 3.38. The predicted molar refractivity (Wildman–Crippen MR) is 70.1 cm³/mol. The Morgan fingerprint density at radius 2 is 1.95 bits per heavy atom. The van der Waals surface area contributed by atoms with Crippen LogP contribution in [0.2, 0.25) is 0 Å². The SMILES string of the molecule is CC(OP(=O)(N1CC1)N1CC1)c1c([N+](=O)[O-])ncn1C. The summed E-state index contributed by atoms with van der Waals surface area (Å²) in [6.45, 7) is 4.65. The van der Waals surface area contributed by atoms with Crippen molar-refractivity contribution in [3.05, 3.63) is 22.1 Å². The van der Waals surface area contributed by atoms with Crippen LogP contribution in [0.15, 0.2) is 6.33 Å². The summed E-state index contributed by atoms with van der Waals surface area (Å²) >= 11 is 0. The van der Waals surface area contributed by atoms with Crippen LogP contribution in [0.4, 0.5) is 5.82 Å². The largest absolute Gasteiger partial charge is 0.387 e. The second-order valence-corrected chi connectivity index (χ2v) is 7.29. The Hall–Kier alpha value is -1.28. The van der Waals surface area contributed by atoms with E-state index in [0.717, 1.165) is 26.2 Å². The van der Waals surface area contributed by atoms with Crippen molar-refractivity contribution >= 4 is 13.5 Å². The minimum absolute atomic E-state index is 0.247. The van der Waals surface area contributed by atoms with E-state index < -0.39 is 18.7 Å². The van der Waals surface area contributed by atoms with Crippen LogP contribution in [0, 0.1) is 10.1 Å². The van der Waals surface area contributed by atoms with Gasteiger partial charge < -0.3 is 14.7 Å². The number of hydrogen-bond donors (Lipinski definition) is 0. The zero-order chi connectivity index (χ0) is 14.5. The van der Waals surface area contributed by atoms with E-state index in [0.29, 0.717) is 5.69 Å². The van der Waals surface area contributed by atoms with Gasteiger partial charge in [-0.05, 0) is 16.8 Å². The van der Waals surface area contributed by atoms with Gasteiger partial charge in [0.25, 0.3) is 0 Å². The van der Waals surface area contributed by atoms with Crippen molar-refractivity contribution in [3.63, 3.8) is 0 Å². The molecule has 20 heavy (non-hydrogen) atoms. The first-order valence-corrected chi connectivity index (χ1v) is 7.91. The summed E-state index contributed by atoms with van der Waals surface area (Å²) in [4.78, 5) is 14.2. The maximum Gasteiger partial charge on any atom is 0.387 e. The van der Waals surface area contributed by atoms with Crippen molar-refractivity contribution in [2.75, 3.05) is 26.2 Å². The van der Waals surface area contributed by atoms with Crippen molar-refractivity contribution in [2.24, 2.45) is 7.05 Å². The van der Waals surface area contributed by atoms with Crippen molar-refractivity contribution in [1.29, 1.82) is 0 Å². The zero-order valence-electron chi connectivity index (χ0n) is 11.3. The van der Waals surface area contributed by atoms with Gasteiger partial charge in [0.1, 0.15) is 11.8 Å². The van der Waals surface area contributed by atoms with Gasteiger partial charge >= 0.3 is 13.5 Å². The van der Waals surface area contributed by atoms with Gasteiger partial charge in [-0.3, -0.25) is 9.09 Å². The van der Waals surface area contributed by atoms with Crippen LogP contribution >= 0.6 is 7.67 Å². The molecule has 110 valence electrons. The van der Waals surface area contributed by atoms with Crippen molar-refractivity contribution in [3.8, 4) is 0 Å². The standard InChI is InChI=1S/C10H16N5O4P/c1-8(9-10(15(16)17)11-7-12(9)2)19-20(18,13-3-4-13)14-5-6-14/h7-8H,3-6H2,1-2H3. The minimum atomic E-state index is -3.01. The van der Waals surface area contributed by atoms with Crippen LogP contribution in [-0.4, -0.2) is 50.0 Å². The monoisotopic (exact) mass is 301 g/mol. The number of aryl methyl sites for hydroxylation is 1. The Kier molecular flexibility index (Phi) is 3.17. The summed E-state index contributed by atoms with van der Waals surface area (Å²) in [5, 5.41) is 11.0. The molecule has 2 aliphatic rings. The smallest absolute Gasteiger partial charge is 0.358 e. The topological polar surface area (TPSA) is 93.3 Å². The van der Waals surface area contributed by atoms with Crippen LogP contribution in [0.25, 0.3) is 0 Å². The molecule has 2 saturated heterocycles. The van der Waals surface area contributed by atoms with E-state index in [1.54, 1.807) is 23.3 Å². The fourth-order valence-corrected chi connectivity index (χ4v) is 4.53. The molecule has 10 heteroatoms. The van der Waals surface area contributed by atoms with Gasteiger partial charge in [0, 0.05) is 33.2 Å². The highest BCUT2D eigenvalue weighted by Crippen LogP contribution is 2.63. The molecule has 0 aromatic carbocycles. The third-order valence-corrected chi connectivity index (χ3v) is 6.20. The summed E-state index contributed by atoms with van der Waals surface area (Å²) in [5.74, 6) is -0.247. The van der Waals surface area contributed by atoms with Crippen molar-refractivity contribution in [1.82, 2.24) is 18.9 Å². The molecule has 9 nitrogen and oxygen atoms in total. The summed E-state index contributed by atoms with van der Waals surface area (Å²) in [6, 6.07) is 0. The quantitative estimate of drug-likeness (QED) is 0.336. The Morgan fingerprint density at radius 1 is 1.40 bits per heavy atom. The Labute approximate surface area is 115 Å². The summed E-state index contributed by atoms with van der Waals surface area (Å²) in [5.41, 5.74) is 0.332. The molecule has 0 radical (unpaired) electrons. The molecule has 0 bridgehead atoms. The molecule has 3 heterocycles. The third kappa shape index (κ3) is 2.26. The second kappa shape index (κ2) is 4.63. The normalized spacial score (nSPS) is 20.9. The molecule has 0 amide bonds. The molecule has 2 fully saturated rings. The highest BCUT2D eigenvalue weighted by molar-refractivity contribution is 7.54. The average molecular weight is 301 g/mol. The molecule has 1 aromatic rings. The Morgan fingerprint density at radius 3 is 2.40 bits per heavy atom. The van der Waals surface area contributed by atoms with Gasteiger partial charge in [-0.15, -0.1) is 0 Å². The van der Waals surface area contributed by atoms with Crippen LogP contribution in [0.5, 0.6) is 0 Å². The first-order chi connectivity index (χ1) is 9.43. The number of nitro groups is 1. The van der Waals surface area contributed by atoms with E-state index >= 15 is 0 Å². The van der Waals surface area contributed by atoms with Gasteiger partial charge in [0.2, 0.25) is 6.33 Å². The second-order valence-electron chi connectivity index (χ2n) is 4.97. The molecule has 0 aliphatic carbocycles. The molecular formula is C10H16N5O4P.